The Bertz CT molecular complexity index is 784. The van der Waals surface area contributed by atoms with Gasteiger partial charge in [0.05, 0.1) is 11.9 Å². The second-order valence-electron chi connectivity index (χ2n) is 7.08. The number of pyridine rings is 1. The standard InChI is InChI=1S/C21H25N3O3/c25-21(24-16-8-10-19-20(13-16)27-12-11-26-19)18-9-7-17(14-22-18)23-15-5-3-1-2-4-6-15/h7-10,13-15,23H,1-6,11-12H2,(H,24,25). The van der Waals surface area contributed by atoms with E-state index in [0.29, 0.717) is 42.1 Å². The number of benzene rings is 1. The van der Waals surface area contributed by atoms with Crippen LogP contribution in [-0.4, -0.2) is 30.1 Å². The molecule has 0 saturated heterocycles. The molecule has 142 valence electrons. The van der Waals surface area contributed by atoms with Crippen LogP contribution in [0.25, 0.3) is 0 Å². The van der Waals surface area contributed by atoms with Crippen LogP contribution in [0.1, 0.15) is 49.0 Å². The summed E-state index contributed by atoms with van der Waals surface area (Å²) in [5.74, 6) is 1.11. The zero-order valence-electron chi connectivity index (χ0n) is 15.4. The molecule has 4 rings (SSSR count). The number of anilines is 2. The van der Waals surface area contributed by atoms with E-state index in [2.05, 4.69) is 15.6 Å². The van der Waals surface area contributed by atoms with Crippen molar-refractivity contribution in [2.75, 3.05) is 23.8 Å². The Morgan fingerprint density at radius 2 is 1.67 bits per heavy atom. The first kappa shape index (κ1) is 17.6. The Balaban J connectivity index is 1.37. The van der Waals surface area contributed by atoms with E-state index in [1.165, 1.54) is 38.5 Å². The van der Waals surface area contributed by atoms with Gasteiger partial charge in [-0.25, -0.2) is 4.98 Å². The fraction of sp³-hybridized carbons (Fsp3) is 0.429. The predicted octanol–water partition coefficient (Wildman–Crippen LogP) is 4.24. The molecule has 0 radical (unpaired) electrons. The van der Waals surface area contributed by atoms with E-state index in [1.54, 1.807) is 30.5 Å². The van der Waals surface area contributed by atoms with Crippen LogP contribution >= 0.6 is 0 Å². The largest absolute Gasteiger partial charge is 0.486 e. The van der Waals surface area contributed by atoms with Gasteiger partial charge in [0.2, 0.25) is 0 Å². The molecule has 2 N–H and O–H groups in total. The highest BCUT2D eigenvalue weighted by Crippen LogP contribution is 2.32. The minimum atomic E-state index is -0.243. The SMILES string of the molecule is O=C(Nc1ccc2c(c1)OCCO2)c1ccc(NC2CCCCCC2)cn1. The van der Waals surface area contributed by atoms with Crippen molar-refractivity contribution < 1.29 is 14.3 Å². The number of hydrogen-bond acceptors (Lipinski definition) is 5. The summed E-state index contributed by atoms with van der Waals surface area (Å²) < 4.78 is 11.0. The number of rotatable bonds is 4. The van der Waals surface area contributed by atoms with Gasteiger partial charge in [0.15, 0.2) is 11.5 Å². The molecule has 0 atom stereocenters. The van der Waals surface area contributed by atoms with Crippen LogP contribution in [0.3, 0.4) is 0 Å². The maximum Gasteiger partial charge on any atom is 0.274 e. The predicted molar refractivity (Wildman–Crippen MR) is 105 cm³/mol. The van der Waals surface area contributed by atoms with Gasteiger partial charge in [-0.05, 0) is 37.1 Å². The molecule has 1 aromatic heterocycles. The van der Waals surface area contributed by atoms with Gasteiger partial charge >= 0.3 is 0 Å². The van der Waals surface area contributed by atoms with Crippen molar-refractivity contribution in [3.63, 3.8) is 0 Å². The second-order valence-corrected chi connectivity index (χ2v) is 7.08. The van der Waals surface area contributed by atoms with Crippen molar-refractivity contribution >= 4 is 17.3 Å². The molecule has 6 nitrogen and oxygen atoms in total. The third-order valence-electron chi connectivity index (χ3n) is 5.02. The number of fused-ring (bicyclic) bond motifs is 1. The molecular formula is C21H25N3O3. The van der Waals surface area contributed by atoms with Crippen molar-refractivity contribution in [3.05, 3.63) is 42.2 Å². The lowest BCUT2D eigenvalue weighted by Crippen LogP contribution is -2.19. The van der Waals surface area contributed by atoms with Gasteiger partial charge in [-0.1, -0.05) is 25.7 Å². The molecule has 1 fully saturated rings. The van der Waals surface area contributed by atoms with Crippen molar-refractivity contribution in [1.29, 1.82) is 0 Å². The Morgan fingerprint density at radius 1 is 0.926 bits per heavy atom. The Kier molecular flexibility index (Phi) is 5.42. The van der Waals surface area contributed by atoms with E-state index in [4.69, 9.17) is 9.47 Å². The topological polar surface area (TPSA) is 72.5 Å². The molecule has 1 amide bonds. The van der Waals surface area contributed by atoms with Crippen LogP contribution in [0, 0.1) is 0 Å². The average molecular weight is 367 g/mol. The molecule has 1 aliphatic heterocycles. The van der Waals surface area contributed by atoms with E-state index in [9.17, 15) is 4.79 Å². The van der Waals surface area contributed by atoms with Crippen LogP contribution in [0.15, 0.2) is 36.5 Å². The fourth-order valence-electron chi connectivity index (χ4n) is 3.59. The summed E-state index contributed by atoms with van der Waals surface area (Å²) in [5, 5.41) is 6.41. The van der Waals surface area contributed by atoms with Crippen LogP contribution < -0.4 is 20.1 Å². The number of carbonyl (C=O) groups is 1. The average Bonchev–Trinajstić information content (AvgIpc) is 2.97. The Hall–Kier alpha value is -2.76. The van der Waals surface area contributed by atoms with Crippen LogP contribution in [0.4, 0.5) is 11.4 Å². The maximum absolute atomic E-state index is 12.5. The molecule has 27 heavy (non-hydrogen) atoms. The number of ether oxygens (including phenoxy) is 2. The van der Waals surface area contributed by atoms with E-state index >= 15 is 0 Å². The third-order valence-corrected chi connectivity index (χ3v) is 5.02. The van der Waals surface area contributed by atoms with Gasteiger partial charge in [-0.15, -0.1) is 0 Å². The quantitative estimate of drug-likeness (QED) is 0.791. The Morgan fingerprint density at radius 3 is 2.41 bits per heavy atom. The second kappa shape index (κ2) is 8.29. The lowest BCUT2D eigenvalue weighted by atomic mass is 10.1. The van der Waals surface area contributed by atoms with Crippen LogP contribution in [0.5, 0.6) is 11.5 Å². The summed E-state index contributed by atoms with van der Waals surface area (Å²) in [6.07, 6.45) is 9.36. The number of nitrogens with zero attached hydrogens (tertiary/aromatic N) is 1. The minimum Gasteiger partial charge on any atom is -0.486 e. The third kappa shape index (κ3) is 4.51. The summed E-state index contributed by atoms with van der Waals surface area (Å²) in [7, 11) is 0. The van der Waals surface area contributed by atoms with E-state index < -0.39 is 0 Å². The molecule has 0 unspecified atom stereocenters. The molecule has 2 aromatic rings. The highest BCUT2D eigenvalue weighted by Gasteiger charge is 2.15. The van der Waals surface area contributed by atoms with Crippen molar-refractivity contribution in [2.24, 2.45) is 0 Å². The van der Waals surface area contributed by atoms with Gasteiger partial charge in [0, 0.05) is 17.8 Å². The molecule has 1 aromatic carbocycles. The summed E-state index contributed by atoms with van der Waals surface area (Å²) in [6.45, 7) is 1.06. The van der Waals surface area contributed by atoms with Gasteiger partial charge in [-0.2, -0.15) is 0 Å². The number of aromatic nitrogens is 1. The summed E-state index contributed by atoms with van der Waals surface area (Å²) in [4.78, 5) is 16.8. The van der Waals surface area contributed by atoms with E-state index in [0.717, 1.165) is 5.69 Å². The van der Waals surface area contributed by atoms with Gasteiger partial charge in [-0.3, -0.25) is 4.79 Å². The fourth-order valence-corrected chi connectivity index (χ4v) is 3.59. The summed E-state index contributed by atoms with van der Waals surface area (Å²) >= 11 is 0. The number of amides is 1. The molecular weight excluding hydrogens is 342 g/mol. The lowest BCUT2D eigenvalue weighted by Gasteiger charge is -2.19. The summed E-state index contributed by atoms with van der Waals surface area (Å²) in [6, 6.07) is 9.56. The zero-order chi connectivity index (χ0) is 18.5. The molecule has 0 bridgehead atoms. The maximum atomic E-state index is 12.5. The normalized spacial score (nSPS) is 17.0. The van der Waals surface area contributed by atoms with Gasteiger partial charge in [0.1, 0.15) is 18.9 Å². The van der Waals surface area contributed by atoms with Crippen LogP contribution in [-0.2, 0) is 0 Å². The smallest absolute Gasteiger partial charge is 0.274 e. The monoisotopic (exact) mass is 367 g/mol. The lowest BCUT2D eigenvalue weighted by molar-refractivity contribution is 0.102. The number of hydrogen-bond donors (Lipinski definition) is 2. The minimum absolute atomic E-state index is 0.243. The molecule has 1 aliphatic carbocycles. The van der Waals surface area contributed by atoms with E-state index in [1.807, 2.05) is 6.07 Å². The highest BCUT2D eigenvalue weighted by molar-refractivity contribution is 6.03. The summed E-state index contributed by atoms with van der Waals surface area (Å²) in [5.41, 5.74) is 2.01. The van der Waals surface area contributed by atoms with Gasteiger partial charge < -0.3 is 20.1 Å². The highest BCUT2D eigenvalue weighted by atomic mass is 16.6. The molecule has 2 aliphatic rings. The first-order chi connectivity index (χ1) is 13.3. The number of nitrogens with one attached hydrogen (secondary N) is 2. The first-order valence-corrected chi connectivity index (χ1v) is 9.71. The van der Waals surface area contributed by atoms with Gasteiger partial charge in [0.25, 0.3) is 5.91 Å². The van der Waals surface area contributed by atoms with E-state index in [-0.39, 0.29) is 5.91 Å². The molecule has 6 heteroatoms. The Labute approximate surface area is 159 Å². The molecule has 1 saturated carbocycles. The first-order valence-electron chi connectivity index (χ1n) is 9.71. The molecule has 2 heterocycles. The molecule has 0 spiro atoms. The van der Waals surface area contributed by atoms with Crippen LogP contribution in [0.2, 0.25) is 0 Å². The number of carbonyl (C=O) groups excluding carboxylic acids is 1. The van der Waals surface area contributed by atoms with Crippen molar-refractivity contribution in [1.82, 2.24) is 4.98 Å². The van der Waals surface area contributed by atoms with Crippen molar-refractivity contribution in [3.8, 4) is 11.5 Å². The zero-order valence-corrected chi connectivity index (χ0v) is 15.4. The van der Waals surface area contributed by atoms with Crippen molar-refractivity contribution in [2.45, 2.75) is 44.6 Å².